The molecule has 1 heterocycles. The third-order valence-electron chi connectivity index (χ3n) is 2.57. The normalized spacial score (nSPS) is 11.7. The van der Waals surface area contributed by atoms with Gasteiger partial charge in [0.2, 0.25) is 10.0 Å². The lowest BCUT2D eigenvalue weighted by molar-refractivity contribution is 0.553. The molecule has 3 N–H and O–H groups in total. The summed E-state index contributed by atoms with van der Waals surface area (Å²) in [6, 6.07) is 5.39. The Bertz CT molecular complexity index is 654. The number of halogens is 1. The summed E-state index contributed by atoms with van der Waals surface area (Å²) in [5, 5.41) is 0. The summed E-state index contributed by atoms with van der Waals surface area (Å²) >= 11 is 0. The van der Waals surface area contributed by atoms with Crippen molar-refractivity contribution in [1.82, 2.24) is 4.72 Å². The highest BCUT2D eigenvalue weighted by atomic mass is 32.2. The maximum Gasteiger partial charge on any atom is 0.243 e. The molecule has 0 saturated carbocycles. The molecular weight excluding hydrogens is 271 g/mol. The van der Waals surface area contributed by atoms with Crippen LogP contribution in [0, 0.1) is 5.82 Å². The van der Waals surface area contributed by atoms with Crippen molar-refractivity contribution in [3.05, 3.63) is 53.7 Å². The molecular formula is C12H13FN2O3S. The van der Waals surface area contributed by atoms with Crippen molar-refractivity contribution < 1.29 is 17.2 Å². The van der Waals surface area contributed by atoms with Gasteiger partial charge in [-0.25, -0.2) is 17.5 Å². The van der Waals surface area contributed by atoms with Crippen molar-refractivity contribution in [1.29, 1.82) is 0 Å². The second-order valence-corrected chi connectivity index (χ2v) is 5.66. The van der Waals surface area contributed by atoms with Crippen LogP contribution < -0.4 is 10.5 Å². The minimum atomic E-state index is -3.92. The number of furan rings is 1. The van der Waals surface area contributed by atoms with E-state index in [-0.39, 0.29) is 13.1 Å². The van der Waals surface area contributed by atoms with Crippen LogP contribution in [0.2, 0.25) is 0 Å². The summed E-state index contributed by atoms with van der Waals surface area (Å²) in [7, 11) is -3.92. The van der Waals surface area contributed by atoms with Gasteiger partial charge in [0.25, 0.3) is 0 Å². The highest BCUT2D eigenvalue weighted by Gasteiger charge is 2.19. The molecule has 0 fully saturated rings. The smallest absolute Gasteiger partial charge is 0.243 e. The first-order valence-corrected chi connectivity index (χ1v) is 7.00. The SMILES string of the molecule is NCc1ccc(F)c(S(=O)(=O)NCc2ccoc2)c1. The van der Waals surface area contributed by atoms with Crippen molar-refractivity contribution >= 4 is 10.0 Å². The Balaban J connectivity index is 2.23. The van der Waals surface area contributed by atoms with E-state index in [0.29, 0.717) is 11.1 Å². The van der Waals surface area contributed by atoms with Crippen molar-refractivity contribution in [3.63, 3.8) is 0 Å². The van der Waals surface area contributed by atoms with E-state index in [0.717, 1.165) is 6.07 Å². The Kier molecular flexibility index (Phi) is 3.98. The molecule has 0 radical (unpaired) electrons. The first-order chi connectivity index (χ1) is 9.03. The first-order valence-electron chi connectivity index (χ1n) is 5.52. The lowest BCUT2D eigenvalue weighted by atomic mass is 10.2. The van der Waals surface area contributed by atoms with Crippen LogP contribution in [0.5, 0.6) is 0 Å². The Labute approximate surface area is 110 Å². The molecule has 0 atom stereocenters. The maximum absolute atomic E-state index is 13.6. The van der Waals surface area contributed by atoms with Gasteiger partial charge in [0.15, 0.2) is 0 Å². The molecule has 0 unspecified atom stereocenters. The number of nitrogens with two attached hydrogens (primary N) is 1. The Morgan fingerprint density at radius 1 is 1.26 bits per heavy atom. The van der Waals surface area contributed by atoms with E-state index in [9.17, 15) is 12.8 Å². The van der Waals surface area contributed by atoms with Crippen LogP contribution in [0.1, 0.15) is 11.1 Å². The van der Waals surface area contributed by atoms with Crippen molar-refractivity contribution in [2.75, 3.05) is 0 Å². The quantitative estimate of drug-likeness (QED) is 0.868. The van der Waals surface area contributed by atoms with Gasteiger partial charge in [-0.1, -0.05) is 6.07 Å². The molecule has 0 saturated heterocycles. The topological polar surface area (TPSA) is 85.3 Å². The molecule has 5 nitrogen and oxygen atoms in total. The minimum Gasteiger partial charge on any atom is -0.472 e. The summed E-state index contributed by atoms with van der Waals surface area (Å²) in [4.78, 5) is -0.404. The van der Waals surface area contributed by atoms with Crippen LogP contribution in [0.25, 0.3) is 0 Å². The van der Waals surface area contributed by atoms with Crippen LogP contribution in [0.15, 0.2) is 46.1 Å². The van der Waals surface area contributed by atoms with Gasteiger partial charge in [0.1, 0.15) is 10.7 Å². The zero-order valence-corrected chi connectivity index (χ0v) is 10.8. The lowest BCUT2D eigenvalue weighted by Crippen LogP contribution is -2.24. The molecule has 19 heavy (non-hydrogen) atoms. The summed E-state index contributed by atoms with van der Waals surface area (Å²) in [6.07, 6.45) is 2.84. The Morgan fingerprint density at radius 2 is 2.05 bits per heavy atom. The van der Waals surface area contributed by atoms with Gasteiger partial charge in [0, 0.05) is 18.7 Å². The van der Waals surface area contributed by atoms with Crippen LogP contribution in [-0.4, -0.2) is 8.42 Å². The van der Waals surface area contributed by atoms with E-state index in [2.05, 4.69) is 4.72 Å². The van der Waals surface area contributed by atoms with E-state index in [1.54, 1.807) is 6.07 Å². The third-order valence-corrected chi connectivity index (χ3v) is 3.98. The van der Waals surface area contributed by atoms with Crippen LogP contribution in [-0.2, 0) is 23.1 Å². The van der Waals surface area contributed by atoms with Gasteiger partial charge in [-0.2, -0.15) is 0 Å². The average Bonchev–Trinajstić information content (AvgIpc) is 2.90. The second-order valence-electron chi connectivity index (χ2n) is 3.93. The van der Waals surface area contributed by atoms with Gasteiger partial charge in [-0.3, -0.25) is 0 Å². The van der Waals surface area contributed by atoms with E-state index in [4.69, 9.17) is 10.2 Å². The predicted molar refractivity (Wildman–Crippen MR) is 67.0 cm³/mol. The zero-order chi connectivity index (χ0) is 13.9. The van der Waals surface area contributed by atoms with Crippen LogP contribution in [0.4, 0.5) is 4.39 Å². The maximum atomic E-state index is 13.6. The number of hydrogen-bond acceptors (Lipinski definition) is 4. The highest BCUT2D eigenvalue weighted by Crippen LogP contribution is 2.16. The first kappa shape index (κ1) is 13.7. The standard InChI is InChI=1S/C12H13FN2O3S/c13-11-2-1-9(6-14)5-12(11)19(16,17)15-7-10-3-4-18-8-10/h1-5,8,15H,6-7,14H2. The number of benzene rings is 1. The molecule has 1 aromatic heterocycles. The monoisotopic (exact) mass is 284 g/mol. The van der Waals surface area contributed by atoms with Gasteiger partial charge >= 0.3 is 0 Å². The molecule has 0 aliphatic heterocycles. The van der Waals surface area contributed by atoms with Crippen LogP contribution in [0.3, 0.4) is 0 Å². The molecule has 0 aliphatic carbocycles. The summed E-state index contributed by atoms with van der Waals surface area (Å²) in [6.45, 7) is 0.176. The van der Waals surface area contributed by atoms with Gasteiger partial charge < -0.3 is 10.2 Å². The summed E-state index contributed by atoms with van der Waals surface area (Å²) in [5.41, 5.74) is 6.61. The molecule has 0 bridgehead atoms. The summed E-state index contributed by atoms with van der Waals surface area (Å²) in [5.74, 6) is -0.808. The molecule has 7 heteroatoms. The van der Waals surface area contributed by atoms with Gasteiger partial charge in [-0.15, -0.1) is 0 Å². The van der Waals surface area contributed by atoms with Gasteiger partial charge in [0.05, 0.1) is 12.5 Å². The number of sulfonamides is 1. The molecule has 0 amide bonds. The number of nitrogens with one attached hydrogen (secondary N) is 1. The zero-order valence-electron chi connectivity index (χ0n) is 9.97. The predicted octanol–water partition coefficient (Wildman–Crippen LogP) is 1.36. The van der Waals surface area contributed by atoms with E-state index < -0.39 is 20.7 Å². The largest absolute Gasteiger partial charge is 0.472 e. The molecule has 2 aromatic rings. The molecule has 0 spiro atoms. The fourth-order valence-corrected chi connectivity index (χ4v) is 2.67. The number of hydrogen-bond donors (Lipinski definition) is 2. The molecule has 2 rings (SSSR count). The molecule has 102 valence electrons. The highest BCUT2D eigenvalue weighted by molar-refractivity contribution is 7.89. The third kappa shape index (κ3) is 3.19. The molecule has 1 aromatic carbocycles. The van der Waals surface area contributed by atoms with E-state index in [1.807, 2.05) is 0 Å². The van der Waals surface area contributed by atoms with Crippen LogP contribution >= 0.6 is 0 Å². The fourth-order valence-electron chi connectivity index (χ4n) is 1.53. The van der Waals surface area contributed by atoms with Crippen molar-refractivity contribution in [2.45, 2.75) is 18.0 Å². The fraction of sp³-hybridized carbons (Fsp3) is 0.167. The number of rotatable bonds is 5. The van der Waals surface area contributed by atoms with Gasteiger partial charge in [-0.05, 0) is 23.8 Å². The molecule has 0 aliphatic rings. The Morgan fingerprint density at radius 3 is 2.68 bits per heavy atom. The van der Waals surface area contributed by atoms with E-state index in [1.165, 1.54) is 24.7 Å². The minimum absolute atomic E-state index is 0.0329. The summed E-state index contributed by atoms with van der Waals surface area (Å²) < 4.78 is 44.7. The Hall–Kier alpha value is -1.70. The van der Waals surface area contributed by atoms with E-state index >= 15 is 0 Å². The van der Waals surface area contributed by atoms with Crippen molar-refractivity contribution in [3.8, 4) is 0 Å². The lowest BCUT2D eigenvalue weighted by Gasteiger charge is -2.08. The average molecular weight is 284 g/mol. The second kappa shape index (κ2) is 5.52. The van der Waals surface area contributed by atoms with Crippen molar-refractivity contribution in [2.24, 2.45) is 5.73 Å².